The monoisotopic (exact) mass is 603 g/mol. The number of anilines is 1. The van der Waals surface area contributed by atoms with Gasteiger partial charge in [0.1, 0.15) is 12.6 Å². The van der Waals surface area contributed by atoms with Gasteiger partial charge in [-0.05, 0) is 65.9 Å². The Kier molecular flexibility index (Phi) is 10.5. The van der Waals surface area contributed by atoms with Gasteiger partial charge in [-0.15, -0.1) is 0 Å². The van der Waals surface area contributed by atoms with Crippen LogP contribution in [0, 0.1) is 6.92 Å². The lowest BCUT2D eigenvalue weighted by Crippen LogP contribution is -2.41. The molecule has 44 heavy (non-hydrogen) atoms. The van der Waals surface area contributed by atoms with Crippen molar-refractivity contribution >= 4 is 23.4 Å². The molecule has 0 bridgehead atoms. The van der Waals surface area contributed by atoms with Crippen LogP contribution in [-0.4, -0.2) is 30.9 Å². The van der Waals surface area contributed by atoms with Gasteiger partial charge in [0.2, 0.25) is 11.8 Å². The summed E-state index contributed by atoms with van der Waals surface area (Å²) in [6.07, 6.45) is -4.45. The number of carbonyl (C=O) groups is 3. The Morgan fingerprint density at radius 1 is 0.864 bits per heavy atom. The van der Waals surface area contributed by atoms with Crippen LogP contribution in [0.4, 0.5) is 18.9 Å². The average Bonchev–Trinajstić information content (AvgIpc) is 3.02. The highest BCUT2D eigenvalue weighted by atomic mass is 19.4. The molecule has 0 radical (unpaired) electrons. The highest BCUT2D eigenvalue weighted by Gasteiger charge is 2.30. The molecule has 4 aromatic carbocycles. The molecule has 10 heteroatoms. The molecule has 0 aromatic heterocycles. The fourth-order valence-corrected chi connectivity index (χ4v) is 4.57. The highest BCUT2D eigenvalue weighted by Crippen LogP contribution is 2.32. The molecule has 0 aliphatic carbocycles. The van der Waals surface area contributed by atoms with Crippen molar-refractivity contribution in [2.24, 2.45) is 0 Å². The number of nitrogens with one attached hydrogen (secondary N) is 3. The van der Waals surface area contributed by atoms with Crippen LogP contribution in [0.15, 0.2) is 97.1 Å². The minimum Gasteiger partial charge on any atom is -0.372 e. The third-order valence-corrected chi connectivity index (χ3v) is 6.84. The van der Waals surface area contributed by atoms with Crippen molar-refractivity contribution in [2.75, 3.05) is 18.5 Å². The molecule has 0 aliphatic heterocycles. The normalized spacial score (nSPS) is 11.8. The molecule has 0 fully saturated rings. The van der Waals surface area contributed by atoms with E-state index in [1.807, 2.05) is 19.1 Å². The lowest BCUT2D eigenvalue weighted by Gasteiger charge is -2.19. The maximum atomic E-state index is 13.3. The third-order valence-electron chi connectivity index (χ3n) is 6.84. The van der Waals surface area contributed by atoms with E-state index in [0.29, 0.717) is 34.5 Å². The maximum Gasteiger partial charge on any atom is 0.416 e. The van der Waals surface area contributed by atoms with E-state index in [4.69, 9.17) is 4.74 Å². The molecule has 3 amide bonds. The van der Waals surface area contributed by atoms with Crippen molar-refractivity contribution < 1.29 is 32.3 Å². The van der Waals surface area contributed by atoms with Gasteiger partial charge >= 0.3 is 6.18 Å². The minimum atomic E-state index is -4.45. The number of ether oxygens (including phenoxy) is 1. The van der Waals surface area contributed by atoms with Crippen LogP contribution in [0.2, 0.25) is 0 Å². The van der Waals surface area contributed by atoms with Gasteiger partial charge in [0, 0.05) is 24.4 Å². The Bertz CT molecular complexity index is 1610. The molecule has 4 aromatic rings. The fourth-order valence-electron chi connectivity index (χ4n) is 4.57. The first-order valence-corrected chi connectivity index (χ1v) is 13.9. The molecule has 1 atom stereocenters. The molecule has 0 heterocycles. The number of rotatable bonds is 11. The number of carbonyl (C=O) groups excluding carboxylic acids is 3. The van der Waals surface area contributed by atoms with Crippen LogP contribution in [0.3, 0.4) is 0 Å². The summed E-state index contributed by atoms with van der Waals surface area (Å²) < 4.78 is 44.2. The average molecular weight is 604 g/mol. The van der Waals surface area contributed by atoms with E-state index in [1.54, 1.807) is 67.6 Å². The van der Waals surface area contributed by atoms with Crippen molar-refractivity contribution in [3.05, 3.63) is 125 Å². The van der Waals surface area contributed by atoms with Crippen LogP contribution in [-0.2, 0) is 27.0 Å². The maximum absolute atomic E-state index is 13.3. The third kappa shape index (κ3) is 8.32. The van der Waals surface area contributed by atoms with Crippen molar-refractivity contribution in [1.29, 1.82) is 0 Å². The number of hydrogen-bond acceptors (Lipinski definition) is 4. The second-order valence-electron chi connectivity index (χ2n) is 9.99. The summed E-state index contributed by atoms with van der Waals surface area (Å²) in [5.41, 5.74) is 3.19. The summed E-state index contributed by atoms with van der Waals surface area (Å²) in [4.78, 5) is 38.7. The van der Waals surface area contributed by atoms with E-state index in [1.165, 1.54) is 12.1 Å². The number of amides is 3. The zero-order valence-electron chi connectivity index (χ0n) is 24.2. The Labute approximate surface area is 253 Å². The number of hydrogen-bond donors (Lipinski definition) is 3. The molecule has 0 unspecified atom stereocenters. The van der Waals surface area contributed by atoms with Gasteiger partial charge < -0.3 is 20.7 Å². The van der Waals surface area contributed by atoms with Crippen molar-refractivity contribution in [1.82, 2.24) is 10.6 Å². The van der Waals surface area contributed by atoms with Crippen LogP contribution in [0.5, 0.6) is 0 Å². The topological polar surface area (TPSA) is 96.5 Å². The van der Waals surface area contributed by atoms with Crippen molar-refractivity contribution in [3.63, 3.8) is 0 Å². The molecule has 228 valence electrons. The van der Waals surface area contributed by atoms with E-state index < -0.39 is 35.5 Å². The summed E-state index contributed by atoms with van der Waals surface area (Å²) in [5.74, 6) is -1.22. The first-order chi connectivity index (χ1) is 21.1. The van der Waals surface area contributed by atoms with Gasteiger partial charge in [0.15, 0.2) is 0 Å². The lowest BCUT2D eigenvalue weighted by molar-refractivity contribution is -0.137. The lowest BCUT2D eigenvalue weighted by atomic mass is 9.98. The Morgan fingerprint density at radius 3 is 2.20 bits per heavy atom. The first-order valence-electron chi connectivity index (χ1n) is 13.9. The van der Waals surface area contributed by atoms with Gasteiger partial charge in [0.25, 0.3) is 5.91 Å². The van der Waals surface area contributed by atoms with Crippen LogP contribution in [0.25, 0.3) is 11.1 Å². The van der Waals surface area contributed by atoms with E-state index in [0.717, 1.165) is 23.3 Å². The molecular weight excluding hydrogens is 571 g/mol. The molecule has 7 nitrogen and oxygen atoms in total. The van der Waals surface area contributed by atoms with E-state index >= 15 is 0 Å². The summed E-state index contributed by atoms with van der Waals surface area (Å²) in [7, 11) is 0. The first kappa shape index (κ1) is 32.0. The molecule has 3 N–H and O–H groups in total. The molecule has 0 spiro atoms. The summed E-state index contributed by atoms with van der Waals surface area (Å²) in [6, 6.07) is 24.6. The Morgan fingerprint density at radius 2 is 1.55 bits per heavy atom. The van der Waals surface area contributed by atoms with Gasteiger partial charge in [-0.25, -0.2) is 0 Å². The smallest absolute Gasteiger partial charge is 0.372 e. The van der Waals surface area contributed by atoms with E-state index in [2.05, 4.69) is 16.0 Å². The second kappa shape index (κ2) is 14.5. The van der Waals surface area contributed by atoms with Crippen molar-refractivity contribution in [3.8, 4) is 11.1 Å². The number of halogens is 3. The molecule has 0 aliphatic rings. The standard InChI is InChI=1S/C34H32F3N3O4/c1-3-44-21-30(41)40-31(25-9-5-4-6-10-25)33(43)38-20-23-13-18-29(22(2)19-23)39-32(42)28-12-8-7-11-27(28)24-14-16-26(17-15-24)34(35,36)37/h4-19,31H,3,20-21H2,1-2H3,(H,38,43)(H,39,42)(H,40,41)/t31-/m0/s1. The van der Waals surface area contributed by atoms with Crippen LogP contribution < -0.4 is 16.0 Å². The Hall–Kier alpha value is -4.96. The van der Waals surface area contributed by atoms with Crippen molar-refractivity contribution in [2.45, 2.75) is 32.6 Å². The fraction of sp³-hybridized carbons (Fsp3) is 0.206. The van der Waals surface area contributed by atoms with Gasteiger partial charge in [-0.2, -0.15) is 13.2 Å². The van der Waals surface area contributed by atoms with Gasteiger partial charge in [0.05, 0.1) is 5.56 Å². The largest absolute Gasteiger partial charge is 0.416 e. The summed E-state index contributed by atoms with van der Waals surface area (Å²) in [6.45, 7) is 3.97. The quantitative estimate of drug-likeness (QED) is 0.184. The van der Waals surface area contributed by atoms with E-state index in [9.17, 15) is 27.6 Å². The van der Waals surface area contributed by atoms with Gasteiger partial charge in [-0.3, -0.25) is 14.4 Å². The van der Waals surface area contributed by atoms with E-state index in [-0.39, 0.29) is 13.2 Å². The predicted octanol–water partition coefficient (Wildman–Crippen LogP) is 6.44. The number of aryl methyl sites for hydroxylation is 1. The molecule has 0 saturated heterocycles. The number of alkyl halides is 3. The van der Waals surface area contributed by atoms with Crippen LogP contribution in [0.1, 0.15) is 45.6 Å². The molecule has 4 rings (SSSR count). The highest BCUT2D eigenvalue weighted by molar-refractivity contribution is 6.09. The predicted molar refractivity (Wildman–Crippen MR) is 162 cm³/mol. The molecule has 0 saturated carbocycles. The SMILES string of the molecule is CCOCC(=O)N[C@H](C(=O)NCc1ccc(NC(=O)c2ccccc2-c2ccc(C(F)(F)F)cc2)c(C)c1)c1ccccc1. The van der Waals surface area contributed by atoms with Gasteiger partial charge in [-0.1, -0.05) is 72.8 Å². The second-order valence-corrected chi connectivity index (χ2v) is 9.99. The molecular formula is C34H32F3N3O4. The zero-order valence-corrected chi connectivity index (χ0v) is 24.2. The summed E-state index contributed by atoms with van der Waals surface area (Å²) in [5, 5.41) is 8.45. The van der Waals surface area contributed by atoms with Crippen LogP contribution >= 0.6 is 0 Å². The summed E-state index contributed by atoms with van der Waals surface area (Å²) >= 11 is 0. The Balaban J connectivity index is 1.43. The zero-order chi connectivity index (χ0) is 31.7. The minimum absolute atomic E-state index is 0.158. The number of benzene rings is 4.